The van der Waals surface area contributed by atoms with Gasteiger partial charge in [0.2, 0.25) is 0 Å². The van der Waals surface area contributed by atoms with Crippen LogP contribution in [0.15, 0.2) is 42.5 Å². The van der Waals surface area contributed by atoms with E-state index < -0.39 is 0 Å². The Bertz CT molecular complexity index is 1020. The molecule has 0 bridgehead atoms. The van der Waals surface area contributed by atoms with Crippen LogP contribution in [0, 0.1) is 11.2 Å². The topological polar surface area (TPSA) is 81.9 Å². The fraction of sp³-hybridized carbons (Fsp3) is 0.190. The van der Waals surface area contributed by atoms with Gasteiger partial charge in [0.15, 0.2) is 5.82 Å². The average molecular weight is 399 g/mol. The van der Waals surface area contributed by atoms with Crippen LogP contribution in [-0.4, -0.2) is 27.8 Å². The number of rotatable bonds is 6. The van der Waals surface area contributed by atoms with Gasteiger partial charge in [-0.3, -0.25) is 0 Å². The summed E-state index contributed by atoms with van der Waals surface area (Å²) < 4.78 is 13.3. The summed E-state index contributed by atoms with van der Waals surface area (Å²) in [6.45, 7) is 2.00. The smallest absolute Gasteiger partial charge is 0.160 e. The molecule has 1 aromatic heterocycles. The number of hydrogen-bond donors (Lipinski definition) is 3. The molecule has 1 heterocycles. The third kappa shape index (κ3) is 3.97. The van der Waals surface area contributed by atoms with Gasteiger partial charge >= 0.3 is 0 Å². The van der Waals surface area contributed by atoms with Gasteiger partial charge in [-0.2, -0.15) is 0 Å². The lowest BCUT2D eigenvalue weighted by atomic mass is 10.0. The molecule has 0 saturated carbocycles. The molecule has 144 valence electrons. The maximum atomic E-state index is 13.3. The number of aromatic nitrogens is 2. The molecule has 0 aliphatic rings. The van der Waals surface area contributed by atoms with Gasteiger partial charge in [0.05, 0.1) is 22.1 Å². The monoisotopic (exact) mass is 398 g/mol. The lowest BCUT2D eigenvalue weighted by molar-refractivity contribution is 0.475. The van der Waals surface area contributed by atoms with Gasteiger partial charge in [-0.05, 0) is 48.9 Å². The van der Waals surface area contributed by atoms with Crippen LogP contribution in [0.3, 0.4) is 0 Å². The van der Waals surface area contributed by atoms with E-state index in [-0.39, 0.29) is 16.6 Å². The van der Waals surface area contributed by atoms with Crippen molar-refractivity contribution in [3.63, 3.8) is 0 Å². The molecule has 0 spiro atoms. The van der Waals surface area contributed by atoms with Crippen LogP contribution in [-0.2, 0) is 0 Å². The van der Waals surface area contributed by atoms with Crippen molar-refractivity contribution in [1.82, 2.24) is 9.97 Å². The molecular weight excluding hydrogens is 379 g/mol. The number of aromatic hydroxyl groups is 1. The fourth-order valence-electron chi connectivity index (χ4n) is 2.88. The summed E-state index contributed by atoms with van der Waals surface area (Å²) in [5.41, 5.74) is 3.33. The molecule has 0 amide bonds. The van der Waals surface area contributed by atoms with Crippen molar-refractivity contribution in [2.24, 2.45) is 0 Å². The minimum atomic E-state index is -0.347. The minimum Gasteiger partial charge on any atom is -0.506 e. The van der Waals surface area contributed by atoms with Crippen LogP contribution in [0.5, 0.6) is 5.75 Å². The lowest BCUT2D eigenvalue weighted by Crippen LogP contribution is -2.11. The number of nitrogens with zero attached hydrogens (tertiary/aromatic N) is 2. The Morgan fingerprint density at radius 2 is 1.82 bits per heavy atom. The quantitative estimate of drug-likeness (QED) is 0.477. The molecule has 0 aliphatic carbocycles. The second kappa shape index (κ2) is 8.35. The van der Waals surface area contributed by atoms with Crippen molar-refractivity contribution in [3.8, 4) is 28.4 Å². The first-order valence-corrected chi connectivity index (χ1v) is 9.24. The van der Waals surface area contributed by atoms with E-state index in [2.05, 4.69) is 15.3 Å². The number of anilines is 1. The normalized spacial score (nSPS) is 10.7. The Balaban J connectivity index is 2.27. The lowest BCUT2D eigenvalue weighted by Gasteiger charge is -2.16. The highest BCUT2D eigenvalue weighted by atomic mass is 35.5. The molecule has 5 nitrogen and oxygen atoms in total. The van der Waals surface area contributed by atoms with Gasteiger partial charge < -0.3 is 15.8 Å². The van der Waals surface area contributed by atoms with E-state index in [1.165, 1.54) is 18.2 Å². The Hall–Kier alpha value is -2.99. The molecular formula is C21H20ClFN4O. The van der Waals surface area contributed by atoms with Crippen molar-refractivity contribution in [3.05, 3.63) is 59.0 Å². The summed E-state index contributed by atoms with van der Waals surface area (Å²) in [7, 11) is 1.74. The largest absolute Gasteiger partial charge is 0.506 e. The first kappa shape index (κ1) is 19.8. The highest BCUT2D eigenvalue weighted by Gasteiger charge is 2.19. The fourth-order valence-corrected chi connectivity index (χ4v) is 3.06. The molecule has 0 radical (unpaired) electrons. The van der Waals surface area contributed by atoms with Gasteiger partial charge in [0, 0.05) is 18.2 Å². The number of phenolic OH excluding ortho intramolecular Hbond substituents is 1. The first-order chi connectivity index (χ1) is 13.4. The van der Waals surface area contributed by atoms with Crippen molar-refractivity contribution < 1.29 is 9.50 Å². The van der Waals surface area contributed by atoms with Crippen molar-refractivity contribution in [2.45, 2.75) is 19.8 Å². The Morgan fingerprint density at radius 1 is 1.14 bits per heavy atom. The number of halogens is 2. The van der Waals surface area contributed by atoms with Crippen LogP contribution in [0.25, 0.3) is 22.6 Å². The van der Waals surface area contributed by atoms with E-state index in [9.17, 15) is 9.50 Å². The number of benzene rings is 2. The zero-order valence-corrected chi connectivity index (χ0v) is 16.3. The van der Waals surface area contributed by atoms with E-state index in [0.29, 0.717) is 46.2 Å². The molecule has 3 rings (SSSR count). The van der Waals surface area contributed by atoms with E-state index in [1.54, 1.807) is 31.3 Å². The SMILES string of the molecule is CCCC(=N)c1nc(-c2ccc(F)cc2)nc(-c2ccc(O)c(Cl)c2)c1NC. The molecule has 0 unspecified atom stereocenters. The maximum absolute atomic E-state index is 13.3. The summed E-state index contributed by atoms with van der Waals surface area (Å²) in [4.78, 5) is 9.24. The van der Waals surface area contributed by atoms with E-state index in [4.69, 9.17) is 17.0 Å². The first-order valence-electron chi connectivity index (χ1n) is 8.87. The number of nitrogens with one attached hydrogen (secondary N) is 2. The highest BCUT2D eigenvalue weighted by molar-refractivity contribution is 6.32. The van der Waals surface area contributed by atoms with Crippen LogP contribution >= 0.6 is 11.6 Å². The highest BCUT2D eigenvalue weighted by Crippen LogP contribution is 2.35. The molecule has 7 heteroatoms. The van der Waals surface area contributed by atoms with Gasteiger partial charge in [0.1, 0.15) is 17.3 Å². The predicted octanol–water partition coefficient (Wildman–Crippen LogP) is 5.52. The van der Waals surface area contributed by atoms with E-state index in [1.807, 2.05) is 6.92 Å². The van der Waals surface area contributed by atoms with Crippen LogP contribution < -0.4 is 5.32 Å². The molecule has 0 saturated heterocycles. The standard InChI is InChI=1S/C21H20ClFN4O/c1-3-4-16(24)19-20(25-2)18(13-7-10-17(28)15(22)11-13)26-21(27-19)12-5-8-14(23)9-6-12/h5-11,24-25,28H,3-4H2,1-2H3. The summed E-state index contributed by atoms with van der Waals surface area (Å²) in [6.07, 6.45) is 1.36. The van der Waals surface area contributed by atoms with Gasteiger partial charge in [0.25, 0.3) is 0 Å². The van der Waals surface area contributed by atoms with Gasteiger partial charge in [-0.25, -0.2) is 14.4 Å². The van der Waals surface area contributed by atoms with Crippen molar-refractivity contribution in [1.29, 1.82) is 5.41 Å². The van der Waals surface area contributed by atoms with Crippen molar-refractivity contribution in [2.75, 3.05) is 12.4 Å². The zero-order valence-electron chi connectivity index (χ0n) is 15.6. The van der Waals surface area contributed by atoms with Crippen molar-refractivity contribution >= 4 is 23.0 Å². The maximum Gasteiger partial charge on any atom is 0.160 e. The molecule has 3 aromatic rings. The van der Waals surface area contributed by atoms with Crippen LogP contribution in [0.4, 0.5) is 10.1 Å². The predicted molar refractivity (Wildman–Crippen MR) is 111 cm³/mol. The Kier molecular flexibility index (Phi) is 5.90. The molecule has 3 N–H and O–H groups in total. The molecule has 2 aromatic carbocycles. The Morgan fingerprint density at radius 3 is 2.43 bits per heavy atom. The average Bonchev–Trinajstić information content (AvgIpc) is 2.69. The summed E-state index contributed by atoms with van der Waals surface area (Å²) in [5, 5.41) is 21.5. The third-order valence-corrected chi connectivity index (χ3v) is 4.57. The Labute approximate surface area is 167 Å². The number of hydrogen-bond acceptors (Lipinski definition) is 5. The van der Waals surface area contributed by atoms with E-state index in [0.717, 1.165) is 6.42 Å². The van der Waals surface area contributed by atoms with Gasteiger partial charge in [-0.1, -0.05) is 24.9 Å². The zero-order chi connectivity index (χ0) is 20.3. The minimum absolute atomic E-state index is 0.0248. The summed E-state index contributed by atoms with van der Waals surface area (Å²) in [6, 6.07) is 10.7. The third-order valence-electron chi connectivity index (χ3n) is 4.27. The number of phenols is 1. The molecule has 0 atom stereocenters. The molecule has 28 heavy (non-hydrogen) atoms. The van der Waals surface area contributed by atoms with Gasteiger partial charge in [-0.15, -0.1) is 0 Å². The summed E-state index contributed by atoms with van der Waals surface area (Å²) in [5.74, 6) is 0.0114. The van der Waals surface area contributed by atoms with Crippen LogP contribution in [0.2, 0.25) is 5.02 Å². The molecule has 0 aliphatic heterocycles. The second-order valence-electron chi connectivity index (χ2n) is 6.27. The van der Waals surface area contributed by atoms with E-state index >= 15 is 0 Å². The second-order valence-corrected chi connectivity index (χ2v) is 6.68. The van der Waals surface area contributed by atoms with Crippen LogP contribution in [0.1, 0.15) is 25.5 Å². The summed E-state index contributed by atoms with van der Waals surface area (Å²) >= 11 is 6.09. The molecule has 0 fully saturated rings.